The lowest BCUT2D eigenvalue weighted by Crippen LogP contribution is -2.12. The first-order valence-electron chi connectivity index (χ1n) is 9.02. The number of carbonyl (C=O) groups excluding carboxylic acids is 2. The van der Waals surface area contributed by atoms with Crippen molar-refractivity contribution in [1.29, 1.82) is 0 Å². The molecule has 0 aliphatic carbocycles. The highest BCUT2D eigenvalue weighted by molar-refractivity contribution is 9.10. The van der Waals surface area contributed by atoms with E-state index >= 15 is 0 Å². The lowest BCUT2D eigenvalue weighted by molar-refractivity contribution is 0.0733. The average Bonchev–Trinajstić information content (AvgIpc) is 2.78. The van der Waals surface area contributed by atoms with E-state index < -0.39 is 5.97 Å². The quantitative estimate of drug-likeness (QED) is 0.161. The molecule has 7 nitrogen and oxygen atoms in total. The van der Waals surface area contributed by atoms with Crippen molar-refractivity contribution in [2.75, 3.05) is 12.3 Å². The zero-order chi connectivity index (χ0) is 22.4. The van der Waals surface area contributed by atoms with Crippen molar-refractivity contribution in [2.24, 2.45) is 0 Å². The Hall–Kier alpha value is -3.46. The Kier molecular flexibility index (Phi) is 7.19. The van der Waals surface area contributed by atoms with Crippen molar-refractivity contribution < 1.29 is 24.3 Å². The van der Waals surface area contributed by atoms with Crippen molar-refractivity contribution in [3.05, 3.63) is 99.2 Å². The number of anilines is 1. The van der Waals surface area contributed by atoms with Crippen LogP contribution in [-0.4, -0.2) is 24.1 Å². The maximum Gasteiger partial charge on any atom is 0.343 e. The Bertz CT molecular complexity index is 1130. The second-order valence-electron chi connectivity index (χ2n) is 6.29. The predicted molar refractivity (Wildman–Crippen MR) is 120 cm³/mol. The van der Waals surface area contributed by atoms with Gasteiger partial charge in [0.05, 0.1) is 23.9 Å². The van der Waals surface area contributed by atoms with Crippen LogP contribution in [-0.2, 0) is 0 Å². The van der Waals surface area contributed by atoms with Gasteiger partial charge in [0.2, 0.25) is 0 Å². The molecule has 0 unspecified atom stereocenters. The van der Waals surface area contributed by atoms with Crippen molar-refractivity contribution in [3.63, 3.8) is 0 Å². The number of ketones is 1. The Morgan fingerprint density at radius 1 is 1.03 bits per heavy atom. The predicted octanol–water partition coefficient (Wildman–Crippen LogP) is 5.27. The molecule has 1 N–H and O–H groups in total. The Morgan fingerprint density at radius 2 is 1.74 bits per heavy atom. The number of allylic oxidation sites excluding steroid dienone is 1. The summed E-state index contributed by atoms with van der Waals surface area (Å²) in [5.41, 5.74) is 1.03. The normalized spacial score (nSPS) is 10.7. The molecule has 158 valence electrons. The SMILES string of the molecule is COc1ccccc1C=CC(=O)c1cc(Br)ccc1OC(=O)c1ccc(N([O-])O)cc1. The molecule has 0 aliphatic rings. The summed E-state index contributed by atoms with van der Waals surface area (Å²) in [6, 6.07) is 17.2. The molecule has 0 bridgehead atoms. The number of benzene rings is 3. The van der Waals surface area contributed by atoms with Crippen LogP contribution < -0.4 is 14.7 Å². The summed E-state index contributed by atoms with van der Waals surface area (Å²) in [4.78, 5) is 25.3. The van der Waals surface area contributed by atoms with Gasteiger partial charge in [-0.25, -0.2) is 4.79 Å². The largest absolute Gasteiger partial charge is 0.733 e. The molecule has 3 rings (SSSR count). The molecule has 3 aromatic carbocycles. The summed E-state index contributed by atoms with van der Waals surface area (Å²) in [6.07, 6.45) is 2.99. The highest BCUT2D eigenvalue weighted by Gasteiger charge is 2.16. The molecule has 0 aromatic heterocycles. The molecule has 3 aromatic rings. The molecule has 0 atom stereocenters. The maximum absolute atomic E-state index is 12.8. The van der Waals surface area contributed by atoms with Gasteiger partial charge in [-0.3, -0.25) is 10.0 Å². The summed E-state index contributed by atoms with van der Waals surface area (Å²) in [5, 5.41) is 19.4. The van der Waals surface area contributed by atoms with Crippen molar-refractivity contribution in [3.8, 4) is 11.5 Å². The molecule has 0 fully saturated rings. The fourth-order valence-corrected chi connectivity index (χ4v) is 3.09. The lowest BCUT2D eigenvalue weighted by atomic mass is 10.1. The van der Waals surface area contributed by atoms with Crippen LogP contribution in [0, 0.1) is 5.21 Å². The lowest BCUT2D eigenvalue weighted by Gasteiger charge is -2.21. The number of nitrogens with zero attached hydrogens (tertiary/aromatic N) is 1. The number of methoxy groups -OCH3 is 1. The van der Waals surface area contributed by atoms with Crippen LogP contribution in [0.4, 0.5) is 5.69 Å². The molecule has 0 radical (unpaired) electrons. The highest BCUT2D eigenvalue weighted by atomic mass is 79.9. The van der Waals surface area contributed by atoms with Gasteiger partial charge in [0.15, 0.2) is 5.78 Å². The zero-order valence-electron chi connectivity index (χ0n) is 16.3. The first kappa shape index (κ1) is 22.2. The number of hydrogen-bond acceptors (Lipinski definition) is 7. The number of ether oxygens (including phenoxy) is 2. The van der Waals surface area contributed by atoms with Crippen LogP contribution >= 0.6 is 15.9 Å². The summed E-state index contributed by atoms with van der Waals surface area (Å²) in [5.74, 6) is -0.380. The first-order valence-corrected chi connectivity index (χ1v) is 9.81. The fraction of sp³-hybridized carbons (Fsp3) is 0.0435. The molecule has 0 saturated heterocycles. The second kappa shape index (κ2) is 10.0. The number of hydrogen-bond donors (Lipinski definition) is 1. The van der Waals surface area contributed by atoms with Gasteiger partial charge in [0.1, 0.15) is 11.5 Å². The van der Waals surface area contributed by atoms with Crippen LogP contribution in [0.15, 0.2) is 77.3 Å². The highest BCUT2D eigenvalue weighted by Crippen LogP contribution is 2.26. The average molecular weight is 483 g/mol. The van der Waals surface area contributed by atoms with Crippen molar-refractivity contribution >= 4 is 39.4 Å². The number of carbonyl (C=O) groups is 2. The molecule has 0 heterocycles. The summed E-state index contributed by atoms with van der Waals surface area (Å²) < 4.78 is 11.3. The van der Waals surface area contributed by atoms with Gasteiger partial charge in [-0.2, -0.15) is 0 Å². The molecular formula is C23H17BrNO6-. The van der Waals surface area contributed by atoms with Crippen LogP contribution in [0.5, 0.6) is 11.5 Å². The topological polar surface area (TPSA) is 99.1 Å². The smallest absolute Gasteiger partial charge is 0.343 e. The summed E-state index contributed by atoms with van der Waals surface area (Å²) >= 11 is 3.32. The maximum atomic E-state index is 12.8. The van der Waals surface area contributed by atoms with Crippen molar-refractivity contribution in [1.82, 2.24) is 0 Å². The van der Waals surface area contributed by atoms with E-state index in [9.17, 15) is 14.8 Å². The van der Waals surface area contributed by atoms with E-state index in [2.05, 4.69) is 15.9 Å². The minimum atomic E-state index is -0.716. The molecule has 0 amide bonds. The van der Waals surface area contributed by atoms with Crippen LogP contribution in [0.25, 0.3) is 6.08 Å². The third-order valence-electron chi connectivity index (χ3n) is 4.29. The minimum Gasteiger partial charge on any atom is -0.733 e. The van der Waals surface area contributed by atoms with E-state index in [1.54, 1.807) is 31.4 Å². The minimum absolute atomic E-state index is 0.0301. The van der Waals surface area contributed by atoms with Gasteiger partial charge in [0.25, 0.3) is 0 Å². The van der Waals surface area contributed by atoms with Crippen LogP contribution in [0.2, 0.25) is 0 Å². The van der Waals surface area contributed by atoms with E-state index in [1.807, 2.05) is 18.2 Å². The van der Waals surface area contributed by atoms with E-state index in [1.165, 1.54) is 36.4 Å². The molecule has 0 saturated carbocycles. The molecule has 0 spiro atoms. The monoisotopic (exact) mass is 482 g/mol. The Balaban J connectivity index is 1.84. The van der Waals surface area contributed by atoms with E-state index in [-0.39, 0.29) is 33.6 Å². The Labute approximate surface area is 186 Å². The van der Waals surface area contributed by atoms with Gasteiger partial charge in [0, 0.05) is 10.0 Å². The Morgan fingerprint density at radius 3 is 2.42 bits per heavy atom. The zero-order valence-corrected chi connectivity index (χ0v) is 17.9. The second-order valence-corrected chi connectivity index (χ2v) is 7.21. The molecule has 31 heavy (non-hydrogen) atoms. The third-order valence-corrected chi connectivity index (χ3v) is 4.78. The van der Waals surface area contributed by atoms with E-state index in [4.69, 9.17) is 14.7 Å². The van der Waals surface area contributed by atoms with Crippen LogP contribution in [0.1, 0.15) is 26.3 Å². The van der Waals surface area contributed by atoms with E-state index in [0.29, 0.717) is 10.2 Å². The van der Waals surface area contributed by atoms with Gasteiger partial charge in [-0.15, -0.1) is 0 Å². The van der Waals surface area contributed by atoms with Gasteiger partial charge in [-0.05, 0) is 60.7 Å². The first-order chi connectivity index (χ1) is 14.9. The number of halogens is 1. The summed E-state index contributed by atoms with van der Waals surface area (Å²) in [6.45, 7) is 0. The van der Waals surface area contributed by atoms with Gasteiger partial charge in [-0.1, -0.05) is 34.1 Å². The standard InChI is InChI=1S/C23H17BrNO6/c1-30-21-5-3-2-4-15(21)8-12-20(26)19-14-17(24)9-13-22(19)31-23(27)16-6-10-18(11-7-16)25(28)29/h2-14,28H,1H3/q-1. The van der Waals surface area contributed by atoms with Gasteiger partial charge >= 0.3 is 5.97 Å². The van der Waals surface area contributed by atoms with Crippen molar-refractivity contribution in [2.45, 2.75) is 0 Å². The summed E-state index contributed by atoms with van der Waals surface area (Å²) in [7, 11) is 1.54. The number of rotatable bonds is 7. The molecular weight excluding hydrogens is 466 g/mol. The molecule has 8 heteroatoms. The molecule has 0 aliphatic heterocycles. The fourth-order valence-electron chi connectivity index (χ4n) is 2.73. The van der Waals surface area contributed by atoms with Gasteiger partial charge < -0.3 is 19.9 Å². The number of para-hydroxylation sites is 1. The van der Waals surface area contributed by atoms with E-state index in [0.717, 1.165) is 5.56 Å². The number of esters is 1. The third kappa shape index (κ3) is 5.58. The van der Waals surface area contributed by atoms with Crippen LogP contribution in [0.3, 0.4) is 0 Å².